The number of nitrogens with one attached hydrogen (secondary N) is 3. The number of hydrogen-bond acceptors (Lipinski definition) is 9. The molecule has 0 saturated heterocycles. The van der Waals surface area contributed by atoms with Crippen LogP contribution < -0.4 is 20.7 Å². The molecule has 3 aromatic heterocycles. The van der Waals surface area contributed by atoms with Gasteiger partial charge in [0.1, 0.15) is 4.88 Å². The van der Waals surface area contributed by atoms with Gasteiger partial charge in [-0.3, -0.25) is 4.79 Å². The summed E-state index contributed by atoms with van der Waals surface area (Å²) in [5.41, 5.74) is 3.88. The summed E-state index contributed by atoms with van der Waals surface area (Å²) in [6.07, 6.45) is 1.57. The highest BCUT2D eigenvalue weighted by Gasteiger charge is 2.25. The number of carbonyl (C=O) groups excluding carboxylic acids is 1. The largest absolute Gasteiger partial charge is 0.418 e. The number of anilines is 1. The minimum absolute atomic E-state index is 0.0408. The predicted molar refractivity (Wildman–Crippen MR) is 118 cm³/mol. The van der Waals surface area contributed by atoms with Gasteiger partial charge in [-0.2, -0.15) is 4.98 Å². The first kappa shape index (κ1) is 18.7. The molecule has 6 rings (SSSR count). The fourth-order valence-electron chi connectivity index (χ4n) is 3.92. The lowest BCUT2D eigenvalue weighted by Gasteiger charge is -2.10. The van der Waals surface area contributed by atoms with Gasteiger partial charge in [0.2, 0.25) is 17.0 Å². The first-order valence-corrected chi connectivity index (χ1v) is 11.0. The molecule has 2 aliphatic heterocycles. The summed E-state index contributed by atoms with van der Waals surface area (Å²) in [4.78, 5) is 30.9. The molecule has 9 nitrogen and oxygen atoms in total. The van der Waals surface area contributed by atoms with Crippen LogP contribution in [0.1, 0.15) is 27.9 Å². The predicted octanol–water partition coefficient (Wildman–Crippen LogP) is 3.23. The Hall–Kier alpha value is -3.08. The molecule has 0 radical (unpaired) electrons. The summed E-state index contributed by atoms with van der Waals surface area (Å²) >= 11 is 7.49. The zero-order valence-corrected chi connectivity index (χ0v) is 17.9. The van der Waals surface area contributed by atoms with Gasteiger partial charge in [0.15, 0.2) is 0 Å². The third-order valence-electron chi connectivity index (χ3n) is 5.33. The number of carbonyl (C=O) groups is 1. The Morgan fingerprint density at radius 2 is 2.13 bits per heavy atom. The molecule has 31 heavy (non-hydrogen) atoms. The molecule has 0 spiro atoms. The highest BCUT2D eigenvalue weighted by molar-refractivity contribution is 7.21. The van der Waals surface area contributed by atoms with E-state index in [1.807, 2.05) is 19.1 Å². The monoisotopic (exact) mass is 453 g/mol. The van der Waals surface area contributed by atoms with Gasteiger partial charge in [0.05, 0.1) is 34.2 Å². The Morgan fingerprint density at radius 1 is 1.23 bits per heavy atom. The number of nitrogens with zero attached hydrogens (tertiary/aromatic N) is 4. The SMILES string of the molecule is CC1CNc2c(sc3ccc4nc(Oc5nc(Cl)nc6c5CNC6)cnc4c23)C(=O)N1. The number of ether oxygens (including phenoxy) is 1. The van der Waals surface area contributed by atoms with E-state index in [-0.39, 0.29) is 17.2 Å². The average molecular weight is 454 g/mol. The van der Waals surface area contributed by atoms with Crippen LogP contribution in [0.25, 0.3) is 21.1 Å². The maximum atomic E-state index is 12.6. The third kappa shape index (κ3) is 3.06. The number of aromatic nitrogens is 4. The van der Waals surface area contributed by atoms with Crippen LogP contribution in [-0.4, -0.2) is 38.4 Å². The Kier molecular flexibility index (Phi) is 4.20. The van der Waals surface area contributed by atoms with Gasteiger partial charge in [-0.15, -0.1) is 11.3 Å². The summed E-state index contributed by atoms with van der Waals surface area (Å²) in [5, 5.41) is 10.6. The zero-order valence-electron chi connectivity index (χ0n) is 16.3. The average Bonchev–Trinajstić information content (AvgIpc) is 3.33. The molecule has 0 aliphatic carbocycles. The Labute approximate surface area is 185 Å². The van der Waals surface area contributed by atoms with E-state index in [2.05, 4.69) is 35.9 Å². The van der Waals surface area contributed by atoms with Crippen molar-refractivity contribution in [1.82, 2.24) is 30.6 Å². The molecule has 3 N–H and O–H groups in total. The fraction of sp³-hybridized carbons (Fsp3) is 0.250. The number of benzene rings is 1. The van der Waals surface area contributed by atoms with Gasteiger partial charge in [-0.05, 0) is 30.7 Å². The summed E-state index contributed by atoms with van der Waals surface area (Å²) in [6, 6.07) is 3.88. The maximum Gasteiger partial charge on any atom is 0.263 e. The smallest absolute Gasteiger partial charge is 0.263 e. The van der Waals surface area contributed by atoms with Gasteiger partial charge in [-0.1, -0.05) is 0 Å². The molecule has 2 aliphatic rings. The van der Waals surface area contributed by atoms with Crippen molar-refractivity contribution in [2.45, 2.75) is 26.1 Å². The Balaban J connectivity index is 1.45. The van der Waals surface area contributed by atoms with Crippen LogP contribution in [0.5, 0.6) is 11.8 Å². The zero-order chi connectivity index (χ0) is 21.1. The molecular weight excluding hydrogens is 438 g/mol. The highest BCUT2D eigenvalue weighted by atomic mass is 35.5. The van der Waals surface area contributed by atoms with E-state index >= 15 is 0 Å². The van der Waals surface area contributed by atoms with Crippen LogP contribution in [0.15, 0.2) is 18.3 Å². The van der Waals surface area contributed by atoms with Gasteiger partial charge in [0, 0.05) is 35.8 Å². The summed E-state index contributed by atoms with van der Waals surface area (Å²) in [6.45, 7) is 3.84. The molecule has 0 fully saturated rings. The highest BCUT2D eigenvalue weighted by Crippen LogP contribution is 2.40. The number of thiophene rings is 1. The number of fused-ring (bicyclic) bond motifs is 6. The quantitative estimate of drug-likeness (QED) is 0.396. The molecular formula is C20H16ClN7O2S. The lowest BCUT2D eigenvalue weighted by molar-refractivity contribution is 0.0949. The van der Waals surface area contributed by atoms with Gasteiger partial charge < -0.3 is 20.7 Å². The first-order chi connectivity index (χ1) is 15.1. The number of rotatable bonds is 2. The normalized spacial score (nSPS) is 17.7. The summed E-state index contributed by atoms with van der Waals surface area (Å²) in [7, 11) is 0. The van der Waals surface area contributed by atoms with Crippen molar-refractivity contribution in [2.75, 3.05) is 11.9 Å². The lowest BCUT2D eigenvalue weighted by atomic mass is 10.1. The van der Waals surface area contributed by atoms with E-state index in [1.54, 1.807) is 6.20 Å². The van der Waals surface area contributed by atoms with Crippen molar-refractivity contribution < 1.29 is 9.53 Å². The van der Waals surface area contributed by atoms with Crippen LogP contribution in [0, 0.1) is 0 Å². The van der Waals surface area contributed by atoms with Crippen molar-refractivity contribution in [3.05, 3.63) is 39.7 Å². The van der Waals surface area contributed by atoms with Gasteiger partial charge in [0.25, 0.3) is 5.91 Å². The van der Waals surface area contributed by atoms with E-state index in [0.717, 1.165) is 27.0 Å². The van der Waals surface area contributed by atoms with Crippen LogP contribution in [0.2, 0.25) is 5.28 Å². The molecule has 0 bridgehead atoms. The number of amides is 1. The molecule has 156 valence electrons. The van der Waals surface area contributed by atoms with E-state index in [9.17, 15) is 4.79 Å². The summed E-state index contributed by atoms with van der Waals surface area (Å²) in [5.74, 6) is 0.626. The minimum atomic E-state index is -0.0714. The molecule has 1 aromatic carbocycles. The second kappa shape index (κ2) is 6.98. The van der Waals surface area contributed by atoms with Crippen LogP contribution >= 0.6 is 22.9 Å². The van der Waals surface area contributed by atoms with Crippen molar-refractivity contribution in [3.8, 4) is 11.8 Å². The van der Waals surface area contributed by atoms with E-state index < -0.39 is 0 Å². The second-order valence-corrected chi connectivity index (χ2v) is 8.90. The van der Waals surface area contributed by atoms with E-state index in [0.29, 0.717) is 47.3 Å². The molecule has 1 unspecified atom stereocenters. The number of halogens is 1. The molecule has 4 aromatic rings. The minimum Gasteiger partial charge on any atom is -0.418 e. The Morgan fingerprint density at radius 3 is 3.03 bits per heavy atom. The molecule has 0 saturated carbocycles. The van der Waals surface area contributed by atoms with Gasteiger partial charge >= 0.3 is 0 Å². The topological polar surface area (TPSA) is 114 Å². The second-order valence-electron chi connectivity index (χ2n) is 7.50. The molecule has 11 heteroatoms. The first-order valence-electron chi connectivity index (χ1n) is 9.77. The Bertz CT molecular complexity index is 1390. The van der Waals surface area contributed by atoms with Crippen LogP contribution in [-0.2, 0) is 13.1 Å². The van der Waals surface area contributed by atoms with Crippen molar-refractivity contribution >= 4 is 55.7 Å². The summed E-state index contributed by atoms with van der Waals surface area (Å²) < 4.78 is 6.92. The van der Waals surface area contributed by atoms with Crippen LogP contribution in [0.4, 0.5) is 5.69 Å². The lowest BCUT2D eigenvalue weighted by Crippen LogP contribution is -2.34. The standard InChI is InChI=1S/C20H16ClN7O2S/c1-8-4-23-16-14-12(31-17(16)18(29)25-8)3-2-10-15(14)24-7-13(26-10)30-19-9-5-22-6-11(9)27-20(21)28-19/h2-3,7-8,22-23H,4-6H2,1H3,(H,25,29). The molecule has 1 atom stereocenters. The van der Waals surface area contributed by atoms with Gasteiger partial charge in [-0.25, -0.2) is 15.0 Å². The van der Waals surface area contributed by atoms with Crippen molar-refractivity contribution in [1.29, 1.82) is 0 Å². The van der Waals surface area contributed by atoms with Crippen LogP contribution in [0.3, 0.4) is 0 Å². The van der Waals surface area contributed by atoms with E-state index in [4.69, 9.17) is 16.3 Å². The third-order valence-corrected chi connectivity index (χ3v) is 6.66. The molecule has 5 heterocycles. The fourth-order valence-corrected chi connectivity index (χ4v) is 5.18. The van der Waals surface area contributed by atoms with E-state index in [1.165, 1.54) is 11.3 Å². The maximum absolute atomic E-state index is 12.6. The van der Waals surface area contributed by atoms with Crippen molar-refractivity contribution in [3.63, 3.8) is 0 Å². The number of hydrogen-bond donors (Lipinski definition) is 3. The van der Waals surface area contributed by atoms with Crippen molar-refractivity contribution in [2.24, 2.45) is 0 Å². The molecule has 1 amide bonds.